The third kappa shape index (κ3) is 2.40. The first-order valence-corrected chi connectivity index (χ1v) is 5.26. The third-order valence-electron chi connectivity index (χ3n) is 1.53. The van der Waals surface area contributed by atoms with Crippen molar-refractivity contribution < 1.29 is 8.42 Å². The lowest BCUT2D eigenvalue weighted by atomic mass is 10.4. The summed E-state index contributed by atoms with van der Waals surface area (Å²) in [5.74, 6) is 0. The Kier molecular flexibility index (Phi) is 2.84. The fourth-order valence-electron chi connectivity index (χ4n) is 1.01. The summed E-state index contributed by atoms with van der Waals surface area (Å²) in [4.78, 5) is 3.81. The van der Waals surface area contributed by atoms with Gasteiger partial charge in [0.1, 0.15) is 0 Å². The minimum absolute atomic E-state index is 0.296. The van der Waals surface area contributed by atoms with E-state index in [2.05, 4.69) is 4.98 Å². The number of pyridine rings is 1. The Bertz CT molecular complexity index is 363. The van der Waals surface area contributed by atoms with Crippen molar-refractivity contribution in [1.29, 1.82) is 0 Å². The molecular formula is C7H11N3O2S. The van der Waals surface area contributed by atoms with Crippen molar-refractivity contribution >= 4 is 15.9 Å². The van der Waals surface area contributed by atoms with E-state index in [9.17, 15) is 8.42 Å². The zero-order valence-electron chi connectivity index (χ0n) is 7.21. The monoisotopic (exact) mass is 201 g/mol. The van der Waals surface area contributed by atoms with Crippen molar-refractivity contribution in [3.05, 3.63) is 24.5 Å². The largest absolute Gasteiger partial charge is 0.299 e. The zero-order chi connectivity index (χ0) is 9.90. The average molecular weight is 201 g/mol. The molecule has 6 heteroatoms. The van der Waals surface area contributed by atoms with Crippen LogP contribution in [0, 0.1) is 0 Å². The second-order valence-corrected chi connectivity index (χ2v) is 3.89. The molecule has 0 bridgehead atoms. The van der Waals surface area contributed by atoms with E-state index >= 15 is 0 Å². The molecule has 0 amide bonds. The molecule has 0 saturated carbocycles. The second kappa shape index (κ2) is 3.71. The van der Waals surface area contributed by atoms with Crippen molar-refractivity contribution in [1.82, 2.24) is 4.98 Å². The van der Waals surface area contributed by atoms with Crippen LogP contribution in [-0.4, -0.2) is 19.9 Å². The minimum atomic E-state index is -3.67. The highest BCUT2D eigenvalue weighted by molar-refractivity contribution is 7.90. The van der Waals surface area contributed by atoms with Crippen LogP contribution >= 0.6 is 0 Å². The topological polar surface area (TPSA) is 76.3 Å². The van der Waals surface area contributed by atoms with E-state index in [1.54, 1.807) is 25.3 Å². The molecule has 1 aromatic rings. The van der Waals surface area contributed by atoms with E-state index in [0.717, 1.165) is 4.31 Å². The van der Waals surface area contributed by atoms with Crippen molar-refractivity contribution in [2.24, 2.45) is 5.14 Å². The maximum absolute atomic E-state index is 11.0. The standard InChI is InChI=1S/C7H11N3O2S/c1-2-10(13(8,11)12)7-4-3-5-9-6-7/h3-6H,2H2,1H3,(H2,8,11,12). The molecule has 13 heavy (non-hydrogen) atoms. The highest BCUT2D eigenvalue weighted by atomic mass is 32.2. The lowest BCUT2D eigenvalue weighted by Crippen LogP contribution is -2.36. The van der Waals surface area contributed by atoms with Crippen molar-refractivity contribution in [2.45, 2.75) is 6.92 Å². The van der Waals surface area contributed by atoms with Gasteiger partial charge in [-0.1, -0.05) is 0 Å². The van der Waals surface area contributed by atoms with Crippen LogP contribution < -0.4 is 9.44 Å². The van der Waals surface area contributed by atoms with Crippen LogP contribution in [0.25, 0.3) is 0 Å². The third-order valence-corrected chi connectivity index (χ3v) is 2.61. The number of hydrogen-bond acceptors (Lipinski definition) is 3. The quantitative estimate of drug-likeness (QED) is 0.754. The molecule has 0 unspecified atom stereocenters. The first kappa shape index (κ1) is 9.94. The fourth-order valence-corrected chi connectivity index (χ4v) is 1.77. The molecule has 0 fully saturated rings. The Balaban J connectivity index is 3.06. The molecule has 0 saturated heterocycles. The molecular weight excluding hydrogens is 190 g/mol. The molecule has 1 rings (SSSR count). The van der Waals surface area contributed by atoms with E-state index in [-0.39, 0.29) is 0 Å². The maximum atomic E-state index is 11.0. The number of nitrogens with zero attached hydrogens (tertiary/aromatic N) is 2. The molecule has 0 radical (unpaired) electrons. The lowest BCUT2D eigenvalue weighted by Gasteiger charge is -2.18. The van der Waals surface area contributed by atoms with Crippen molar-refractivity contribution in [2.75, 3.05) is 10.8 Å². The van der Waals surface area contributed by atoms with Gasteiger partial charge in [0.25, 0.3) is 10.2 Å². The SMILES string of the molecule is CCN(c1cccnc1)S(N)(=O)=O. The molecule has 2 N–H and O–H groups in total. The summed E-state index contributed by atoms with van der Waals surface area (Å²) in [7, 11) is -3.67. The van der Waals surface area contributed by atoms with Gasteiger partial charge in [0.2, 0.25) is 0 Å². The molecule has 0 atom stereocenters. The molecule has 0 spiro atoms. The summed E-state index contributed by atoms with van der Waals surface area (Å²) in [6.45, 7) is 2.00. The van der Waals surface area contributed by atoms with Gasteiger partial charge in [-0.15, -0.1) is 0 Å². The van der Waals surface area contributed by atoms with E-state index in [4.69, 9.17) is 5.14 Å². The molecule has 0 aliphatic heterocycles. The van der Waals surface area contributed by atoms with Crippen LogP contribution in [-0.2, 0) is 10.2 Å². The summed E-state index contributed by atoms with van der Waals surface area (Å²) in [5, 5.41) is 4.99. The van der Waals surface area contributed by atoms with E-state index < -0.39 is 10.2 Å². The molecule has 1 heterocycles. The van der Waals surface area contributed by atoms with Crippen molar-refractivity contribution in [3.8, 4) is 0 Å². The Hall–Kier alpha value is -1.14. The van der Waals surface area contributed by atoms with Gasteiger partial charge in [0, 0.05) is 12.7 Å². The van der Waals surface area contributed by atoms with Crippen LogP contribution in [0.4, 0.5) is 5.69 Å². The average Bonchev–Trinajstić information content (AvgIpc) is 2.05. The smallest absolute Gasteiger partial charge is 0.263 e. The number of anilines is 1. The van der Waals surface area contributed by atoms with Crippen LogP contribution in [0.2, 0.25) is 0 Å². The first-order chi connectivity index (χ1) is 6.05. The van der Waals surface area contributed by atoms with Gasteiger partial charge in [0.05, 0.1) is 11.9 Å². The Morgan fingerprint density at radius 1 is 1.62 bits per heavy atom. The normalized spacial score (nSPS) is 11.2. The van der Waals surface area contributed by atoms with E-state index in [0.29, 0.717) is 12.2 Å². The first-order valence-electron chi connectivity index (χ1n) is 3.76. The predicted octanol–water partition coefficient (Wildman–Crippen LogP) is 0.111. The van der Waals surface area contributed by atoms with E-state index in [1.165, 1.54) is 6.20 Å². The highest BCUT2D eigenvalue weighted by Crippen LogP contribution is 2.12. The molecule has 0 aromatic carbocycles. The summed E-state index contributed by atoms with van der Waals surface area (Å²) in [6, 6.07) is 3.30. The van der Waals surface area contributed by atoms with Crippen LogP contribution in [0.15, 0.2) is 24.5 Å². The summed E-state index contributed by atoms with van der Waals surface area (Å²) in [6.07, 6.45) is 3.02. The Morgan fingerprint density at radius 3 is 2.69 bits per heavy atom. The summed E-state index contributed by atoms with van der Waals surface area (Å²) >= 11 is 0. The van der Waals surface area contributed by atoms with Gasteiger partial charge in [-0.25, -0.2) is 5.14 Å². The fraction of sp³-hybridized carbons (Fsp3) is 0.286. The molecule has 72 valence electrons. The lowest BCUT2D eigenvalue weighted by molar-refractivity contribution is 0.593. The van der Waals surface area contributed by atoms with E-state index in [1.807, 2.05) is 0 Å². The van der Waals surface area contributed by atoms with Gasteiger partial charge in [-0.05, 0) is 19.1 Å². The van der Waals surface area contributed by atoms with Crippen LogP contribution in [0.1, 0.15) is 6.92 Å². The Morgan fingerprint density at radius 2 is 2.31 bits per heavy atom. The number of rotatable bonds is 3. The van der Waals surface area contributed by atoms with Crippen LogP contribution in [0.5, 0.6) is 0 Å². The molecule has 5 nitrogen and oxygen atoms in total. The number of nitrogens with two attached hydrogens (primary N) is 1. The Labute approximate surface area is 77.4 Å². The molecule has 0 aliphatic carbocycles. The van der Waals surface area contributed by atoms with Crippen LogP contribution in [0.3, 0.4) is 0 Å². The highest BCUT2D eigenvalue weighted by Gasteiger charge is 2.14. The number of hydrogen-bond donors (Lipinski definition) is 1. The zero-order valence-corrected chi connectivity index (χ0v) is 8.03. The number of aromatic nitrogens is 1. The predicted molar refractivity (Wildman–Crippen MR) is 50.4 cm³/mol. The van der Waals surface area contributed by atoms with Gasteiger partial charge in [-0.2, -0.15) is 8.42 Å². The van der Waals surface area contributed by atoms with Gasteiger partial charge < -0.3 is 0 Å². The summed E-state index contributed by atoms with van der Waals surface area (Å²) in [5.41, 5.74) is 0.479. The molecule has 1 aromatic heterocycles. The van der Waals surface area contributed by atoms with Gasteiger partial charge in [-0.3, -0.25) is 9.29 Å². The minimum Gasteiger partial charge on any atom is -0.263 e. The summed E-state index contributed by atoms with van der Waals surface area (Å²) < 4.78 is 23.2. The van der Waals surface area contributed by atoms with Crippen molar-refractivity contribution in [3.63, 3.8) is 0 Å². The van der Waals surface area contributed by atoms with Gasteiger partial charge >= 0.3 is 0 Å². The maximum Gasteiger partial charge on any atom is 0.299 e. The second-order valence-electron chi connectivity index (χ2n) is 2.42. The molecule has 0 aliphatic rings. The van der Waals surface area contributed by atoms with Gasteiger partial charge in [0.15, 0.2) is 0 Å².